The van der Waals surface area contributed by atoms with Crippen molar-refractivity contribution in [2.45, 2.75) is 32.4 Å². The van der Waals surface area contributed by atoms with Crippen LogP contribution in [0.15, 0.2) is 22.8 Å². The van der Waals surface area contributed by atoms with Crippen molar-refractivity contribution in [2.24, 2.45) is 0 Å². The van der Waals surface area contributed by atoms with Gasteiger partial charge in [-0.2, -0.15) is 0 Å². The summed E-state index contributed by atoms with van der Waals surface area (Å²) >= 11 is 3.31. The zero-order valence-corrected chi connectivity index (χ0v) is 10.2. The maximum absolute atomic E-state index is 9.50. The molecule has 1 unspecified atom stereocenters. The number of halogens is 1. The fraction of sp³-hybridized carbons (Fsp3) is 0.500. The van der Waals surface area contributed by atoms with E-state index in [-0.39, 0.29) is 5.54 Å². The second-order valence-corrected chi connectivity index (χ2v) is 4.80. The van der Waals surface area contributed by atoms with Gasteiger partial charge in [0.2, 0.25) is 0 Å². The lowest BCUT2D eigenvalue weighted by Crippen LogP contribution is -2.42. The molecule has 1 rings (SSSR count). The number of hydrogen-bond donors (Lipinski definition) is 2. The predicted octanol–water partition coefficient (Wildman–Crippen LogP) is 2.42. The predicted molar refractivity (Wildman–Crippen MR) is 61.3 cm³/mol. The highest BCUT2D eigenvalue weighted by atomic mass is 79.9. The topological polar surface area (TPSA) is 45.1 Å². The molecule has 1 aromatic rings. The molecule has 0 radical (unpaired) electrons. The summed E-state index contributed by atoms with van der Waals surface area (Å²) in [6, 6.07) is 3.78. The monoisotopic (exact) mass is 258 g/mol. The Hall–Kier alpha value is -0.610. The molecule has 0 amide bonds. The number of aliphatic hydroxyl groups excluding tert-OH is 1. The second-order valence-electron chi connectivity index (χ2n) is 3.88. The van der Waals surface area contributed by atoms with Crippen molar-refractivity contribution in [3.8, 4) is 0 Å². The van der Waals surface area contributed by atoms with E-state index in [1.807, 2.05) is 26.0 Å². The van der Waals surface area contributed by atoms with Gasteiger partial charge in [0.15, 0.2) is 0 Å². The van der Waals surface area contributed by atoms with Gasteiger partial charge in [-0.05, 0) is 48.8 Å². The molecule has 0 fully saturated rings. The Labute approximate surface area is 92.7 Å². The van der Waals surface area contributed by atoms with Crippen molar-refractivity contribution in [1.82, 2.24) is 4.98 Å². The number of nitrogens with zero attached hydrogens (tertiary/aromatic N) is 1. The average molecular weight is 259 g/mol. The minimum absolute atomic E-state index is 0.374. The first kappa shape index (κ1) is 11.5. The third-order valence-corrected chi connectivity index (χ3v) is 2.69. The Kier molecular flexibility index (Phi) is 3.50. The molecular weight excluding hydrogens is 244 g/mol. The molecule has 4 heteroatoms. The molecule has 14 heavy (non-hydrogen) atoms. The first-order valence-corrected chi connectivity index (χ1v) is 5.29. The van der Waals surface area contributed by atoms with Crippen LogP contribution in [0, 0.1) is 0 Å². The number of hydrogen-bond acceptors (Lipinski definition) is 3. The molecule has 0 saturated carbocycles. The van der Waals surface area contributed by atoms with Gasteiger partial charge in [-0.3, -0.25) is 0 Å². The van der Waals surface area contributed by atoms with E-state index in [1.165, 1.54) is 0 Å². The maximum atomic E-state index is 9.50. The van der Waals surface area contributed by atoms with Gasteiger partial charge in [0.25, 0.3) is 0 Å². The Morgan fingerprint density at radius 3 is 2.57 bits per heavy atom. The van der Waals surface area contributed by atoms with Crippen molar-refractivity contribution in [2.75, 3.05) is 5.32 Å². The summed E-state index contributed by atoms with van der Waals surface area (Å²) in [6.07, 6.45) is 1.29. The summed E-state index contributed by atoms with van der Waals surface area (Å²) in [5.41, 5.74) is -0.374. The maximum Gasteiger partial charge on any atom is 0.126 e. The summed E-state index contributed by atoms with van der Waals surface area (Å²) in [6.45, 7) is 5.62. The summed E-state index contributed by atoms with van der Waals surface area (Å²) in [7, 11) is 0. The average Bonchev–Trinajstić information content (AvgIpc) is 2.08. The van der Waals surface area contributed by atoms with Gasteiger partial charge in [0.05, 0.1) is 11.6 Å². The molecule has 0 aliphatic heterocycles. The molecule has 0 aromatic carbocycles. The second kappa shape index (κ2) is 4.28. The molecule has 1 atom stereocenters. The lowest BCUT2D eigenvalue weighted by molar-refractivity contribution is 0.133. The van der Waals surface area contributed by atoms with E-state index < -0.39 is 6.10 Å². The molecule has 2 N–H and O–H groups in total. The van der Waals surface area contributed by atoms with E-state index in [2.05, 4.69) is 26.2 Å². The molecule has 0 aliphatic rings. The van der Waals surface area contributed by atoms with Crippen LogP contribution in [-0.4, -0.2) is 21.7 Å². The molecule has 1 aromatic heterocycles. The molecule has 78 valence electrons. The van der Waals surface area contributed by atoms with Crippen LogP contribution in [0.2, 0.25) is 0 Å². The largest absolute Gasteiger partial charge is 0.391 e. The molecule has 3 nitrogen and oxygen atoms in total. The van der Waals surface area contributed by atoms with Crippen molar-refractivity contribution < 1.29 is 5.11 Å². The number of pyridine rings is 1. The van der Waals surface area contributed by atoms with E-state index >= 15 is 0 Å². The van der Waals surface area contributed by atoms with Crippen LogP contribution < -0.4 is 5.32 Å². The fourth-order valence-corrected chi connectivity index (χ4v) is 1.12. The number of aliphatic hydroxyl groups is 1. The highest BCUT2D eigenvalue weighted by molar-refractivity contribution is 9.10. The van der Waals surface area contributed by atoms with Crippen LogP contribution >= 0.6 is 15.9 Å². The Bertz CT molecular complexity index is 295. The van der Waals surface area contributed by atoms with E-state index in [1.54, 1.807) is 13.1 Å². The zero-order chi connectivity index (χ0) is 10.8. The lowest BCUT2D eigenvalue weighted by atomic mass is 9.99. The minimum atomic E-state index is -0.437. The van der Waals surface area contributed by atoms with E-state index in [0.717, 1.165) is 10.3 Å². The molecule has 0 saturated heterocycles. The van der Waals surface area contributed by atoms with Gasteiger partial charge in [0, 0.05) is 10.7 Å². The number of nitrogens with one attached hydrogen (secondary N) is 1. The van der Waals surface area contributed by atoms with Crippen LogP contribution in [0.4, 0.5) is 5.82 Å². The Morgan fingerprint density at radius 2 is 2.14 bits per heavy atom. The Balaban J connectivity index is 2.74. The normalized spacial score (nSPS) is 13.8. The molecular formula is C10H15BrN2O. The summed E-state index contributed by atoms with van der Waals surface area (Å²) in [4.78, 5) is 4.18. The van der Waals surface area contributed by atoms with E-state index in [0.29, 0.717) is 0 Å². The smallest absolute Gasteiger partial charge is 0.126 e. The molecule has 0 spiro atoms. The van der Waals surface area contributed by atoms with Crippen LogP contribution in [0.5, 0.6) is 0 Å². The van der Waals surface area contributed by atoms with Crippen molar-refractivity contribution in [3.05, 3.63) is 22.8 Å². The first-order chi connectivity index (χ1) is 6.42. The van der Waals surface area contributed by atoms with Crippen molar-refractivity contribution in [1.29, 1.82) is 0 Å². The van der Waals surface area contributed by atoms with Crippen LogP contribution in [0.1, 0.15) is 20.8 Å². The zero-order valence-electron chi connectivity index (χ0n) is 8.58. The van der Waals surface area contributed by atoms with Crippen molar-refractivity contribution in [3.63, 3.8) is 0 Å². The van der Waals surface area contributed by atoms with Gasteiger partial charge in [0.1, 0.15) is 5.82 Å². The fourth-order valence-electron chi connectivity index (χ4n) is 0.884. The number of anilines is 1. The van der Waals surface area contributed by atoms with Gasteiger partial charge in [-0.1, -0.05) is 0 Å². The standard InChI is InChI=1S/C10H15BrN2O/c1-7(14)10(2,3)13-9-5-4-8(11)6-12-9/h4-7,14H,1-3H3,(H,12,13). The molecule has 0 bridgehead atoms. The van der Waals surface area contributed by atoms with Gasteiger partial charge in [-0.15, -0.1) is 0 Å². The number of rotatable bonds is 3. The summed E-state index contributed by atoms with van der Waals surface area (Å²) in [5.74, 6) is 0.763. The van der Waals surface area contributed by atoms with Gasteiger partial charge < -0.3 is 10.4 Å². The van der Waals surface area contributed by atoms with E-state index in [9.17, 15) is 5.11 Å². The Morgan fingerprint density at radius 1 is 1.50 bits per heavy atom. The molecule has 1 heterocycles. The van der Waals surface area contributed by atoms with Crippen LogP contribution in [0.3, 0.4) is 0 Å². The van der Waals surface area contributed by atoms with Gasteiger partial charge >= 0.3 is 0 Å². The van der Waals surface area contributed by atoms with Crippen LogP contribution in [-0.2, 0) is 0 Å². The van der Waals surface area contributed by atoms with Crippen molar-refractivity contribution >= 4 is 21.7 Å². The van der Waals surface area contributed by atoms with Crippen LogP contribution in [0.25, 0.3) is 0 Å². The van der Waals surface area contributed by atoms with Gasteiger partial charge in [-0.25, -0.2) is 4.98 Å². The third-order valence-electron chi connectivity index (χ3n) is 2.22. The first-order valence-electron chi connectivity index (χ1n) is 4.49. The highest BCUT2D eigenvalue weighted by Crippen LogP contribution is 2.17. The molecule has 0 aliphatic carbocycles. The third kappa shape index (κ3) is 2.96. The number of aromatic nitrogens is 1. The quantitative estimate of drug-likeness (QED) is 0.876. The summed E-state index contributed by atoms with van der Waals surface area (Å²) in [5, 5.41) is 12.7. The lowest BCUT2D eigenvalue weighted by Gasteiger charge is -2.29. The van der Waals surface area contributed by atoms with E-state index in [4.69, 9.17) is 0 Å². The minimum Gasteiger partial charge on any atom is -0.391 e. The summed E-state index contributed by atoms with van der Waals surface area (Å²) < 4.78 is 0.943. The SMILES string of the molecule is CC(O)C(C)(C)Nc1ccc(Br)cn1. The highest BCUT2D eigenvalue weighted by Gasteiger charge is 2.23.